The van der Waals surface area contributed by atoms with Crippen LogP contribution in [0.25, 0.3) is 11.0 Å². The molecule has 0 N–H and O–H groups in total. The van der Waals surface area contributed by atoms with E-state index in [1.165, 1.54) is 0 Å². The lowest BCUT2D eigenvalue weighted by Crippen LogP contribution is -2.57. The molecule has 188 valence electrons. The van der Waals surface area contributed by atoms with E-state index < -0.39 is 0 Å². The number of halogens is 1. The molecule has 0 aliphatic carbocycles. The monoisotopic (exact) mass is 513 g/mol. The first-order chi connectivity index (χ1) is 17.8. The predicted molar refractivity (Wildman–Crippen MR) is 145 cm³/mol. The minimum atomic E-state index is -0.105. The molecule has 37 heavy (non-hydrogen) atoms. The lowest BCUT2D eigenvalue weighted by atomic mass is 9.95. The Hall–Kier alpha value is -3.80. The maximum Gasteiger partial charge on any atom is 0.252 e. The van der Waals surface area contributed by atoms with Crippen molar-refractivity contribution in [3.05, 3.63) is 92.9 Å². The number of rotatable bonds is 4. The fraction of sp³-hybridized carbons (Fsp3) is 0.321. The van der Waals surface area contributed by atoms with Crippen LogP contribution in [0.5, 0.6) is 0 Å². The fourth-order valence-corrected chi connectivity index (χ4v) is 5.33. The van der Waals surface area contributed by atoms with Gasteiger partial charge in [-0.15, -0.1) is 0 Å². The van der Waals surface area contributed by atoms with Gasteiger partial charge in [0.05, 0.1) is 17.2 Å². The highest BCUT2D eigenvalue weighted by Gasteiger charge is 2.36. The molecule has 5 rings (SSSR count). The molecular weight excluding hydrogens is 486 g/mol. The molecule has 1 fully saturated rings. The van der Waals surface area contributed by atoms with Crippen LogP contribution in [0.2, 0.25) is 5.02 Å². The molecule has 0 amide bonds. The maximum absolute atomic E-state index is 12.8. The second-order valence-corrected chi connectivity index (χ2v) is 10.1. The Morgan fingerprint density at radius 1 is 1.03 bits per heavy atom. The Morgan fingerprint density at radius 2 is 1.73 bits per heavy atom. The van der Waals surface area contributed by atoms with Gasteiger partial charge in [-0.2, -0.15) is 5.26 Å². The van der Waals surface area contributed by atoms with Gasteiger partial charge in [0.2, 0.25) is 0 Å². The molecule has 8 nitrogen and oxygen atoms in total. The molecule has 1 aromatic carbocycles. The minimum Gasteiger partial charge on any atom is -0.364 e. The highest BCUT2D eigenvalue weighted by Crippen LogP contribution is 2.35. The SMILES string of the molecule is Cc1ncc(C(c2ccc(Cl)cc2)N2C[C@H](C)N(c3cc(=O)n(C)c4ccc(C#N)nc34)C[C@H]2C)cn1. The van der Waals surface area contributed by atoms with Crippen molar-refractivity contribution >= 4 is 28.3 Å². The molecule has 9 heteroatoms. The summed E-state index contributed by atoms with van der Waals surface area (Å²) in [5, 5.41) is 10.1. The van der Waals surface area contributed by atoms with E-state index in [4.69, 9.17) is 11.6 Å². The summed E-state index contributed by atoms with van der Waals surface area (Å²) in [4.78, 5) is 31.1. The lowest BCUT2D eigenvalue weighted by Gasteiger charge is -2.48. The molecule has 0 spiro atoms. The average molecular weight is 514 g/mol. The average Bonchev–Trinajstić information content (AvgIpc) is 2.90. The third-order valence-electron chi connectivity index (χ3n) is 7.16. The van der Waals surface area contributed by atoms with E-state index in [-0.39, 0.29) is 23.7 Å². The van der Waals surface area contributed by atoms with Gasteiger partial charge in [0.1, 0.15) is 23.1 Å². The van der Waals surface area contributed by atoms with Gasteiger partial charge < -0.3 is 9.47 Å². The number of fused-ring (bicyclic) bond motifs is 1. The van der Waals surface area contributed by atoms with Gasteiger partial charge in [0, 0.05) is 61.3 Å². The topological polar surface area (TPSA) is 90.9 Å². The zero-order valence-corrected chi connectivity index (χ0v) is 22.0. The number of aromatic nitrogens is 4. The van der Waals surface area contributed by atoms with Gasteiger partial charge in [-0.25, -0.2) is 15.0 Å². The number of pyridine rings is 2. The molecule has 1 saturated heterocycles. The van der Waals surface area contributed by atoms with Crippen molar-refractivity contribution in [2.24, 2.45) is 7.05 Å². The normalized spacial score (nSPS) is 19.1. The highest BCUT2D eigenvalue weighted by molar-refractivity contribution is 6.30. The van der Waals surface area contributed by atoms with E-state index in [1.54, 1.807) is 29.8 Å². The molecule has 3 aromatic heterocycles. The number of anilines is 1. The third kappa shape index (κ3) is 4.68. The lowest BCUT2D eigenvalue weighted by molar-refractivity contribution is 0.129. The van der Waals surface area contributed by atoms with Crippen LogP contribution < -0.4 is 10.5 Å². The number of nitrogens with zero attached hydrogens (tertiary/aromatic N) is 7. The third-order valence-corrected chi connectivity index (χ3v) is 7.41. The maximum atomic E-state index is 12.8. The quantitative estimate of drug-likeness (QED) is 0.403. The summed E-state index contributed by atoms with van der Waals surface area (Å²) in [5.41, 5.74) is 4.48. The first-order valence-electron chi connectivity index (χ1n) is 12.2. The van der Waals surface area contributed by atoms with E-state index in [0.29, 0.717) is 28.3 Å². The second-order valence-electron chi connectivity index (χ2n) is 9.67. The van der Waals surface area contributed by atoms with E-state index >= 15 is 0 Å². The number of hydrogen-bond acceptors (Lipinski definition) is 7. The largest absolute Gasteiger partial charge is 0.364 e. The molecule has 0 radical (unpaired) electrons. The molecule has 3 atom stereocenters. The minimum absolute atomic E-state index is 0.0545. The first kappa shape index (κ1) is 24.9. The van der Waals surface area contributed by atoms with Gasteiger partial charge in [-0.05, 0) is 50.6 Å². The van der Waals surface area contributed by atoms with Crippen molar-refractivity contribution in [2.75, 3.05) is 18.0 Å². The Bertz CT molecular complexity index is 1500. The summed E-state index contributed by atoms with van der Waals surface area (Å²) in [5.74, 6) is 0.728. The Kier molecular flexibility index (Phi) is 6.67. The number of piperazine rings is 1. The summed E-state index contributed by atoms with van der Waals surface area (Å²) in [6.45, 7) is 7.63. The molecule has 1 aliphatic heterocycles. The van der Waals surface area contributed by atoms with Crippen molar-refractivity contribution < 1.29 is 0 Å². The summed E-state index contributed by atoms with van der Waals surface area (Å²) < 4.78 is 1.57. The van der Waals surface area contributed by atoms with Crippen LogP contribution in [0.4, 0.5) is 5.69 Å². The molecule has 1 unspecified atom stereocenters. The van der Waals surface area contributed by atoms with E-state index in [9.17, 15) is 10.1 Å². The zero-order valence-electron chi connectivity index (χ0n) is 21.3. The van der Waals surface area contributed by atoms with Crippen molar-refractivity contribution in [3.63, 3.8) is 0 Å². The number of aryl methyl sites for hydroxylation is 2. The van der Waals surface area contributed by atoms with E-state index in [2.05, 4.69) is 56.8 Å². The predicted octanol–water partition coefficient (Wildman–Crippen LogP) is 4.25. The number of hydrogen-bond donors (Lipinski definition) is 0. The van der Waals surface area contributed by atoms with Crippen molar-refractivity contribution in [1.29, 1.82) is 5.26 Å². The highest BCUT2D eigenvalue weighted by atomic mass is 35.5. The molecule has 4 heterocycles. The van der Waals surface area contributed by atoms with Gasteiger partial charge in [0.25, 0.3) is 5.56 Å². The van der Waals surface area contributed by atoms with Gasteiger partial charge in [-0.3, -0.25) is 9.69 Å². The van der Waals surface area contributed by atoms with Crippen LogP contribution >= 0.6 is 11.6 Å². The van der Waals surface area contributed by atoms with Crippen LogP contribution in [0.3, 0.4) is 0 Å². The second kappa shape index (κ2) is 9.92. The molecule has 4 aromatic rings. The van der Waals surface area contributed by atoms with E-state index in [1.807, 2.05) is 31.5 Å². The standard InChI is InChI=1S/C28H28ClN7O/c1-17-16-36(28(20-5-7-22(29)8-6-20)21-13-31-19(3)32-14-21)18(2)15-35(17)25-11-26(37)34(4)24-10-9-23(12-30)33-27(24)25/h5-11,13-14,17-18,28H,15-16H2,1-4H3/t17-,18+,28?/m0/s1. The summed E-state index contributed by atoms with van der Waals surface area (Å²) in [6.07, 6.45) is 3.79. The van der Waals surface area contributed by atoms with Crippen LogP contribution in [0.1, 0.15) is 42.5 Å². The summed E-state index contributed by atoms with van der Waals surface area (Å²) in [6, 6.07) is 15.3. The molecule has 0 saturated carbocycles. The van der Waals surface area contributed by atoms with Gasteiger partial charge in [0.15, 0.2) is 0 Å². The van der Waals surface area contributed by atoms with E-state index in [0.717, 1.165) is 29.2 Å². The van der Waals surface area contributed by atoms with Crippen molar-refractivity contribution in [1.82, 2.24) is 24.4 Å². The van der Waals surface area contributed by atoms with Gasteiger partial charge >= 0.3 is 0 Å². The Balaban J connectivity index is 1.55. The molecular formula is C28H28ClN7O. The molecule has 1 aliphatic rings. The van der Waals surface area contributed by atoms with Crippen molar-refractivity contribution in [3.8, 4) is 6.07 Å². The fourth-order valence-electron chi connectivity index (χ4n) is 5.21. The smallest absolute Gasteiger partial charge is 0.252 e. The van der Waals surface area contributed by atoms with Crippen molar-refractivity contribution in [2.45, 2.75) is 38.9 Å². The van der Waals surface area contributed by atoms with Crippen LogP contribution in [-0.4, -0.2) is 49.6 Å². The zero-order chi connectivity index (χ0) is 26.3. The first-order valence-corrected chi connectivity index (χ1v) is 12.6. The van der Waals surface area contributed by atoms with Crippen LogP contribution in [0.15, 0.2) is 59.7 Å². The number of nitriles is 1. The Morgan fingerprint density at radius 3 is 2.41 bits per heavy atom. The Labute approximate surface area is 220 Å². The van der Waals surface area contributed by atoms with Gasteiger partial charge in [-0.1, -0.05) is 23.7 Å². The molecule has 0 bridgehead atoms. The summed E-state index contributed by atoms with van der Waals surface area (Å²) >= 11 is 6.20. The number of benzene rings is 1. The van der Waals surface area contributed by atoms with Crippen LogP contribution in [0, 0.1) is 18.3 Å². The van der Waals surface area contributed by atoms with Crippen LogP contribution in [-0.2, 0) is 7.05 Å². The summed E-state index contributed by atoms with van der Waals surface area (Å²) in [7, 11) is 1.73.